The first-order valence-electron chi connectivity index (χ1n) is 8.35. The molecule has 5 heteroatoms. The van der Waals surface area contributed by atoms with Gasteiger partial charge in [-0.3, -0.25) is 9.59 Å². The second-order valence-corrected chi connectivity index (χ2v) is 6.99. The maximum Gasteiger partial charge on any atom is 0.231 e. The minimum Gasteiger partial charge on any atom is -0.497 e. The Kier molecular flexibility index (Phi) is 3.61. The van der Waals surface area contributed by atoms with E-state index in [1.165, 1.54) is 0 Å². The summed E-state index contributed by atoms with van der Waals surface area (Å²) in [7, 11) is 1.59. The molecule has 0 aliphatic carbocycles. The SMILES string of the molecule is COc1ccc(/C=C2\Oc3c(ccc4c3C(=O)CC(C)(C)O4)C2=O)cc1. The van der Waals surface area contributed by atoms with Gasteiger partial charge in [0.25, 0.3) is 0 Å². The molecule has 2 aliphatic heterocycles. The lowest BCUT2D eigenvalue weighted by atomic mass is 9.91. The first kappa shape index (κ1) is 16.4. The fraction of sp³-hybridized carbons (Fsp3) is 0.238. The maximum absolute atomic E-state index is 12.7. The van der Waals surface area contributed by atoms with Crippen LogP contribution in [-0.4, -0.2) is 24.3 Å². The molecular formula is C21H18O5. The number of ketones is 2. The number of rotatable bonds is 2. The topological polar surface area (TPSA) is 61.8 Å². The van der Waals surface area contributed by atoms with Crippen molar-refractivity contribution in [2.24, 2.45) is 0 Å². The number of hydrogen-bond acceptors (Lipinski definition) is 5. The van der Waals surface area contributed by atoms with Crippen molar-refractivity contribution in [1.29, 1.82) is 0 Å². The number of benzene rings is 2. The lowest BCUT2D eigenvalue weighted by Gasteiger charge is -2.31. The number of methoxy groups -OCH3 is 1. The van der Waals surface area contributed by atoms with Gasteiger partial charge in [0.05, 0.1) is 19.1 Å². The smallest absolute Gasteiger partial charge is 0.231 e. The van der Waals surface area contributed by atoms with Crippen LogP contribution >= 0.6 is 0 Å². The molecule has 2 heterocycles. The minimum atomic E-state index is -0.567. The normalized spacial score (nSPS) is 18.8. The van der Waals surface area contributed by atoms with Crippen LogP contribution in [-0.2, 0) is 0 Å². The van der Waals surface area contributed by atoms with Crippen LogP contribution in [0.15, 0.2) is 42.2 Å². The summed E-state index contributed by atoms with van der Waals surface area (Å²) >= 11 is 0. The predicted molar refractivity (Wildman–Crippen MR) is 96.0 cm³/mol. The summed E-state index contributed by atoms with van der Waals surface area (Å²) in [5.74, 6) is 1.36. The molecule has 4 rings (SSSR count). The molecule has 2 aromatic rings. The van der Waals surface area contributed by atoms with E-state index in [0.717, 1.165) is 11.3 Å². The highest BCUT2D eigenvalue weighted by molar-refractivity contribution is 6.17. The zero-order valence-corrected chi connectivity index (χ0v) is 14.8. The van der Waals surface area contributed by atoms with Crippen molar-refractivity contribution < 1.29 is 23.8 Å². The monoisotopic (exact) mass is 350 g/mol. The molecule has 0 saturated heterocycles. The van der Waals surface area contributed by atoms with Crippen LogP contribution in [0.5, 0.6) is 17.2 Å². The molecule has 132 valence electrons. The highest BCUT2D eigenvalue weighted by Crippen LogP contribution is 2.44. The molecule has 26 heavy (non-hydrogen) atoms. The first-order chi connectivity index (χ1) is 12.4. The molecule has 0 fully saturated rings. The Hall–Kier alpha value is -3.08. The van der Waals surface area contributed by atoms with Gasteiger partial charge in [-0.1, -0.05) is 12.1 Å². The van der Waals surface area contributed by atoms with Crippen molar-refractivity contribution in [3.8, 4) is 17.2 Å². The number of fused-ring (bicyclic) bond motifs is 3. The number of allylic oxidation sites excluding steroid dienone is 1. The van der Waals surface area contributed by atoms with Crippen LogP contribution < -0.4 is 14.2 Å². The van der Waals surface area contributed by atoms with Gasteiger partial charge in [0, 0.05) is 0 Å². The highest BCUT2D eigenvalue weighted by Gasteiger charge is 2.39. The Morgan fingerprint density at radius 1 is 1.08 bits per heavy atom. The summed E-state index contributed by atoms with van der Waals surface area (Å²) in [4.78, 5) is 25.3. The molecular weight excluding hydrogens is 332 g/mol. The average molecular weight is 350 g/mol. The predicted octanol–water partition coefficient (Wildman–Crippen LogP) is 4.06. The summed E-state index contributed by atoms with van der Waals surface area (Å²) in [5, 5.41) is 0. The molecule has 0 amide bonds. The highest BCUT2D eigenvalue weighted by atomic mass is 16.5. The number of ether oxygens (including phenoxy) is 3. The van der Waals surface area contributed by atoms with E-state index in [4.69, 9.17) is 14.2 Å². The van der Waals surface area contributed by atoms with E-state index < -0.39 is 5.60 Å². The summed E-state index contributed by atoms with van der Waals surface area (Å²) in [6.45, 7) is 3.73. The van der Waals surface area contributed by atoms with Gasteiger partial charge in [-0.05, 0) is 49.8 Å². The van der Waals surface area contributed by atoms with Crippen LogP contribution in [0.25, 0.3) is 6.08 Å². The van der Waals surface area contributed by atoms with Gasteiger partial charge in [-0.15, -0.1) is 0 Å². The van der Waals surface area contributed by atoms with Crippen molar-refractivity contribution in [3.63, 3.8) is 0 Å². The van der Waals surface area contributed by atoms with E-state index in [0.29, 0.717) is 22.6 Å². The fourth-order valence-corrected chi connectivity index (χ4v) is 3.24. The van der Waals surface area contributed by atoms with Gasteiger partial charge in [0.1, 0.15) is 22.7 Å². The molecule has 0 spiro atoms. The van der Waals surface area contributed by atoms with Crippen LogP contribution in [0.2, 0.25) is 0 Å². The molecule has 0 saturated carbocycles. The average Bonchev–Trinajstić information content (AvgIpc) is 2.90. The number of carbonyl (C=O) groups excluding carboxylic acids is 2. The maximum atomic E-state index is 12.7. The number of Topliss-reactive ketones (excluding diaryl/α,β-unsaturated/α-hetero) is 2. The molecule has 0 atom stereocenters. The largest absolute Gasteiger partial charge is 0.497 e. The van der Waals surface area contributed by atoms with Crippen molar-refractivity contribution in [2.75, 3.05) is 7.11 Å². The van der Waals surface area contributed by atoms with E-state index in [-0.39, 0.29) is 23.7 Å². The van der Waals surface area contributed by atoms with Crippen molar-refractivity contribution in [2.45, 2.75) is 25.9 Å². The quantitative estimate of drug-likeness (QED) is 0.765. The van der Waals surface area contributed by atoms with Gasteiger partial charge in [-0.2, -0.15) is 0 Å². The molecule has 0 bridgehead atoms. The third kappa shape index (κ3) is 2.65. The van der Waals surface area contributed by atoms with Gasteiger partial charge in [0.15, 0.2) is 17.3 Å². The van der Waals surface area contributed by atoms with Crippen molar-refractivity contribution in [1.82, 2.24) is 0 Å². The molecule has 0 radical (unpaired) electrons. The number of hydrogen-bond donors (Lipinski definition) is 0. The third-order valence-corrected chi connectivity index (χ3v) is 4.46. The van der Waals surface area contributed by atoms with Gasteiger partial charge in [-0.25, -0.2) is 0 Å². The molecule has 0 unspecified atom stereocenters. The summed E-state index contributed by atoms with van der Waals surface area (Å²) in [6, 6.07) is 10.6. The van der Waals surface area contributed by atoms with Gasteiger partial charge < -0.3 is 14.2 Å². The molecule has 2 aromatic carbocycles. The lowest BCUT2D eigenvalue weighted by molar-refractivity contribution is 0.0615. The Morgan fingerprint density at radius 2 is 1.81 bits per heavy atom. The van der Waals surface area contributed by atoms with Crippen molar-refractivity contribution >= 4 is 17.6 Å². The standard InChI is InChI=1S/C21H18O5/c1-21(2)11-15(22)18-16(26-21)9-8-14-19(23)17(25-20(14)18)10-12-4-6-13(24-3)7-5-12/h4-10H,11H2,1-3H3/b17-10-. The van der Waals surface area contributed by atoms with Crippen LogP contribution in [0.1, 0.15) is 46.5 Å². The van der Waals surface area contributed by atoms with E-state index in [1.54, 1.807) is 37.5 Å². The Labute approximate surface area is 151 Å². The van der Waals surface area contributed by atoms with E-state index in [1.807, 2.05) is 26.0 Å². The molecule has 0 N–H and O–H groups in total. The second-order valence-electron chi connectivity index (χ2n) is 6.99. The molecule has 0 aromatic heterocycles. The van der Waals surface area contributed by atoms with E-state index >= 15 is 0 Å². The Balaban J connectivity index is 1.73. The Bertz CT molecular complexity index is 951. The van der Waals surface area contributed by atoms with Crippen LogP contribution in [0.3, 0.4) is 0 Å². The third-order valence-electron chi connectivity index (χ3n) is 4.46. The van der Waals surface area contributed by atoms with Gasteiger partial charge >= 0.3 is 0 Å². The second kappa shape index (κ2) is 5.73. The van der Waals surface area contributed by atoms with Crippen LogP contribution in [0, 0.1) is 0 Å². The first-order valence-corrected chi connectivity index (χ1v) is 8.35. The summed E-state index contributed by atoms with van der Waals surface area (Å²) in [6.07, 6.45) is 1.90. The lowest BCUT2D eigenvalue weighted by Crippen LogP contribution is -2.36. The van der Waals surface area contributed by atoms with Gasteiger partial charge in [0.2, 0.25) is 5.78 Å². The summed E-state index contributed by atoms with van der Waals surface area (Å²) in [5.41, 5.74) is 0.982. The molecule has 2 aliphatic rings. The summed E-state index contributed by atoms with van der Waals surface area (Å²) < 4.78 is 16.8. The zero-order valence-electron chi connectivity index (χ0n) is 14.8. The minimum absolute atomic E-state index is 0.0772. The Morgan fingerprint density at radius 3 is 2.50 bits per heavy atom. The molecule has 5 nitrogen and oxygen atoms in total. The number of carbonyl (C=O) groups is 2. The van der Waals surface area contributed by atoms with Crippen molar-refractivity contribution in [3.05, 3.63) is 58.8 Å². The van der Waals surface area contributed by atoms with E-state index in [2.05, 4.69) is 0 Å². The van der Waals surface area contributed by atoms with Crippen LogP contribution in [0.4, 0.5) is 0 Å². The van der Waals surface area contributed by atoms with E-state index in [9.17, 15) is 9.59 Å². The zero-order chi connectivity index (χ0) is 18.5. The fourth-order valence-electron chi connectivity index (χ4n) is 3.24.